The Morgan fingerprint density at radius 2 is 1.74 bits per heavy atom. The first-order chi connectivity index (χ1) is 14.7. The Hall–Kier alpha value is -1.88. The fraction of sp³-hybridized carbons (Fsp3) is 0.654. The molecule has 4 aliphatic rings. The quantitative estimate of drug-likeness (QED) is 0.495. The van der Waals surface area contributed by atoms with E-state index in [4.69, 9.17) is 14.2 Å². The minimum atomic E-state index is -0.691. The van der Waals surface area contributed by atoms with E-state index < -0.39 is 17.4 Å². The van der Waals surface area contributed by atoms with Crippen molar-refractivity contribution in [2.45, 2.75) is 64.9 Å². The summed E-state index contributed by atoms with van der Waals surface area (Å²) in [7, 11) is 1.62. The molecule has 1 aromatic carbocycles. The van der Waals surface area contributed by atoms with Gasteiger partial charge in [0.15, 0.2) is 0 Å². The number of rotatable bonds is 7. The smallest absolute Gasteiger partial charge is 0.341 e. The van der Waals surface area contributed by atoms with Gasteiger partial charge in [-0.15, -0.1) is 0 Å². The van der Waals surface area contributed by atoms with Crippen LogP contribution >= 0.6 is 0 Å². The van der Waals surface area contributed by atoms with Crippen LogP contribution in [-0.2, 0) is 9.47 Å². The summed E-state index contributed by atoms with van der Waals surface area (Å²) in [4.78, 5) is 12.5. The topological polar surface area (TPSA) is 44.8 Å². The van der Waals surface area contributed by atoms with Crippen LogP contribution in [-0.4, -0.2) is 31.9 Å². The number of esters is 1. The fourth-order valence-electron chi connectivity index (χ4n) is 6.29. The van der Waals surface area contributed by atoms with Crippen LogP contribution in [0.5, 0.6) is 5.75 Å². The molecule has 0 heterocycles. The number of carbonyl (C=O) groups is 1. The van der Waals surface area contributed by atoms with Gasteiger partial charge in [-0.05, 0) is 83.1 Å². The molecule has 0 unspecified atom stereocenters. The second-order valence-electron chi connectivity index (χ2n) is 10.9. The van der Waals surface area contributed by atoms with Gasteiger partial charge in [0.1, 0.15) is 17.2 Å². The molecule has 4 bridgehead atoms. The lowest BCUT2D eigenvalue weighted by Crippen LogP contribution is -2.48. The zero-order chi connectivity index (χ0) is 22.2. The molecule has 4 fully saturated rings. The van der Waals surface area contributed by atoms with E-state index in [0.29, 0.717) is 24.5 Å². The van der Waals surface area contributed by atoms with E-state index in [9.17, 15) is 9.18 Å². The summed E-state index contributed by atoms with van der Waals surface area (Å²) in [6, 6.07) is 2.87. The highest BCUT2D eigenvalue weighted by molar-refractivity contribution is 5.91. The predicted molar refractivity (Wildman–Crippen MR) is 119 cm³/mol. The Balaban J connectivity index is 1.56. The molecule has 170 valence electrons. The average molecular weight is 431 g/mol. The van der Waals surface area contributed by atoms with Crippen molar-refractivity contribution in [3.8, 4) is 5.75 Å². The molecule has 0 atom stereocenters. The first-order valence-electron chi connectivity index (χ1n) is 11.5. The molecule has 4 aliphatic carbocycles. The van der Waals surface area contributed by atoms with Gasteiger partial charge in [-0.2, -0.15) is 0 Å². The second kappa shape index (κ2) is 8.57. The number of methoxy groups -OCH3 is 1. The number of benzene rings is 1. The Labute approximate surface area is 185 Å². The summed E-state index contributed by atoms with van der Waals surface area (Å²) in [5.41, 5.74) is 0.129. The van der Waals surface area contributed by atoms with Crippen molar-refractivity contribution in [1.82, 2.24) is 0 Å². The van der Waals surface area contributed by atoms with Crippen LogP contribution in [0.1, 0.15) is 75.2 Å². The molecule has 1 aromatic rings. The van der Waals surface area contributed by atoms with E-state index in [-0.39, 0.29) is 11.0 Å². The molecule has 0 aromatic heterocycles. The third kappa shape index (κ3) is 5.14. The molecule has 0 spiro atoms. The zero-order valence-corrected chi connectivity index (χ0v) is 19.2. The molecule has 4 nitrogen and oxygen atoms in total. The minimum absolute atomic E-state index is 0.0749. The van der Waals surface area contributed by atoms with E-state index >= 15 is 0 Å². The van der Waals surface area contributed by atoms with Gasteiger partial charge in [0.05, 0.1) is 18.8 Å². The lowest BCUT2D eigenvalue weighted by molar-refractivity contribution is -0.0746. The Morgan fingerprint density at radius 1 is 1.13 bits per heavy atom. The van der Waals surface area contributed by atoms with Crippen molar-refractivity contribution in [2.75, 3.05) is 20.3 Å². The van der Waals surface area contributed by atoms with Crippen molar-refractivity contribution >= 4 is 12.0 Å². The van der Waals surface area contributed by atoms with Crippen LogP contribution in [0.4, 0.5) is 4.39 Å². The normalized spacial score (nSPS) is 29.5. The third-order valence-electron chi connectivity index (χ3n) is 6.98. The van der Waals surface area contributed by atoms with Gasteiger partial charge in [-0.3, -0.25) is 0 Å². The van der Waals surface area contributed by atoms with E-state index in [0.717, 1.165) is 17.8 Å². The summed E-state index contributed by atoms with van der Waals surface area (Å²) in [5, 5.41) is 0. The maximum Gasteiger partial charge on any atom is 0.341 e. The van der Waals surface area contributed by atoms with Crippen molar-refractivity contribution in [3.05, 3.63) is 35.2 Å². The third-order valence-corrected chi connectivity index (χ3v) is 6.98. The summed E-state index contributed by atoms with van der Waals surface area (Å²) >= 11 is 0. The fourth-order valence-corrected chi connectivity index (χ4v) is 6.29. The first-order valence-corrected chi connectivity index (χ1v) is 11.5. The van der Waals surface area contributed by atoms with Gasteiger partial charge in [0.25, 0.3) is 0 Å². The van der Waals surface area contributed by atoms with Gasteiger partial charge < -0.3 is 14.2 Å². The van der Waals surface area contributed by atoms with Gasteiger partial charge in [-0.25, -0.2) is 9.18 Å². The van der Waals surface area contributed by atoms with E-state index in [2.05, 4.69) is 0 Å². The van der Waals surface area contributed by atoms with Crippen LogP contribution in [0.2, 0.25) is 0 Å². The molecule has 0 saturated heterocycles. The van der Waals surface area contributed by atoms with E-state index in [1.54, 1.807) is 27.9 Å². The maximum absolute atomic E-state index is 14.9. The van der Waals surface area contributed by atoms with Gasteiger partial charge >= 0.3 is 5.97 Å². The van der Waals surface area contributed by atoms with Crippen LogP contribution < -0.4 is 4.74 Å². The Bertz CT molecular complexity index is 816. The maximum atomic E-state index is 14.9. The summed E-state index contributed by atoms with van der Waals surface area (Å²) in [6.07, 6.45) is 11.5. The molecule has 0 N–H and O–H groups in total. The molecule has 4 saturated carbocycles. The lowest BCUT2D eigenvalue weighted by Gasteiger charge is -2.56. The van der Waals surface area contributed by atoms with Crippen molar-refractivity contribution < 1.29 is 23.4 Å². The average Bonchev–Trinajstić information content (AvgIpc) is 2.65. The zero-order valence-electron chi connectivity index (χ0n) is 19.2. The highest BCUT2D eigenvalue weighted by Gasteiger charge is 2.51. The molecule has 5 heteroatoms. The summed E-state index contributed by atoms with van der Waals surface area (Å²) < 4.78 is 31.7. The van der Waals surface area contributed by atoms with Crippen LogP contribution in [0, 0.1) is 29.0 Å². The first kappa shape index (κ1) is 22.3. The molecular weight excluding hydrogens is 395 g/mol. The minimum Gasteiger partial charge on any atom is -0.492 e. The number of hydrogen-bond donors (Lipinski definition) is 0. The highest BCUT2D eigenvalue weighted by Crippen LogP contribution is 2.60. The lowest BCUT2D eigenvalue weighted by atomic mass is 9.50. The SMILES string of the molecule is COC/C=C/c1cc(C(=O)OC(C)(C)C)c(F)cc1OCC12CC3CC(CC(C3)C1)C2. The standard InChI is InChI=1S/C26H35FO4/c1-25(2,3)31-24(28)21-11-20(6-5-7-29-4)23(12-22(21)27)30-16-26-13-17-8-18(14-26)10-19(9-17)15-26/h5-6,11-12,17-19H,7-10,13-16H2,1-4H3/b6-5+. The van der Waals surface area contributed by atoms with Crippen LogP contribution in [0.15, 0.2) is 18.2 Å². The number of carbonyl (C=O) groups excluding carboxylic acids is 1. The van der Waals surface area contributed by atoms with Crippen molar-refractivity contribution in [2.24, 2.45) is 23.2 Å². The van der Waals surface area contributed by atoms with Crippen molar-refractivity contribution in [1.29, 1.82) is 0 Å². The van der Waals surface area contributed by atoms with E-state index in [1.165, 1.54) is 50.7 Å². The molecular formula is C26H35FO4. The Morgan fingerprint density at radius 3 is 2.29 bits per heavy atom. The second-order valence-corrected chi connectivity index (χ2v) is 10.9. The molecule has 0 amide bonds. The molecule has 5 rings (SSSR count). The number of ether oxygens (including phenoxy) is 3. The molecule has 0 aliphatic heterocycles. The van der Waals surface area contributed by atoms with Crippen molar-refractivity contribution in [3.63, 3.8) is 0 Å². The largest absolute Gasteiger partial charge is 0.492 e. The summed E-state index contributed by atoms with van der Waals surface area (Å²) in [6.45, 7) is 6.35. The molecule has 31 heavy (non-hydrogen) atoms. The number of hydrogen-bond acceptors (Lipinski definition) is 4. The van der Waals surface area contributed by atoms with Crippen LogP contribution in [0.25, 0.3) is 6.08 Å². The number of halogens is 1. The van der Waals surface area contributed by atoms with Gasteiger partial charge in [-0.1, -0.05) is 12.2 Å². The molecule has 0 radical (unpaired) electrons. The highest BCUT2D eigenvalue weighted by atomic mass is 19.1. The van der Waals surface area contributed by atoms with Gasteiger partial charge in [0.2, 0.25) is 0 Å². The Kier molecular flexibility index (Phi) is 6.17. The summed E-state index contributed by atoms with van der Waals surface area (Å²) in [5.74, 6) is 1.71. The predicted octanol–water partition coefficient (Wildman–Crippen LogP) is 6.04. The monoisotopic (exact) mass is 430 g/mol. The van der Waals surface area contributed by atoms with Crippen LogP contribution in [0.3, 0.4) is 0 Å². The van der Waals surface area contributed by atoms with Gasteiger partial charge in [0, 0.05) is 24.2 Å². The van der Waals surface area contributed by atoms with E-state index in [1.807, 2.05) is 12.2 Å².